The molecule has 4 aromatic heterocycles. The predicted molar refractivity (Wildman–Crippen MR) is 197 cm³/mol. The van der Waals surface area contributed by atoms with Crippen LogP contribution in [0.2, 0.25) is 0 Å². The number of hydrogen-bond donors (Lipinski definition) is 0. The van der Waals surface area contributed by atoms with Crippen molar-refractivity contribution in [3.8, 4) is 28.3 Å². The van der Waals surface area contributed by atoms with Gasteiger partial charge in [-0.1, -0.05) is 87.2 Å². The molecule has 8 rings (SSSR count). The summed E-state index contributed by atoms with van der Waals surface area (Å²) in [5.74, 6) is 1.48. The second-order valence-corrected chi connectivity index (χ2v) is 12.6. The minimum absolute atomic E-state index is 0. The van der Waals surface area contributed by atoms with Gasteiger partial charge in [0.15, 0.2) is 5.65 Å². The Morgan fingerprint density at radius 2 is 1.51 bits per heavy atom. The van der Waals surface area contributed by atoms with E-state index in [1.807, 2.05) is 48.7 Å². The minimum Gasteiger partial charge on any atom is -0.501 e. The summed E-state index contributed by atoms with van der Waals surface area (Å²) in [6.45, 7) is 8.93. The van der Waals surface area contributed by atoms with E-state index in [9.17, 15) is 0 Å². The molecule has 0 spiro atoms. The summed E-state index contributed by atoms with van der Waals surface area (Å²) in [7, 11) is 0. The van der Waals surface area contributed by atoms with Crippen molar-refractivity contribution in [2.45, 2.75) is 53.3 Å². The van der Waals surface area contributed by atoms with Crippen molar-refractivity contribution < 1.29 is 28.6 Å². The maximum Gasteiger partial charge on any atom is 0.155 e. The first-order valence-corrected chi connectivity index (χ1v) is 16.3. The number of nitrogens with zero attached hydrogens (tertiary/aromatic N) is 4. The van der Waals surface area contributed by atoms with Gasteiger partial charge < -0.3 is 14.0 Å². The zero-order chi connectivity index (χ0) is 35.9. The first-order chi connectivity index (χ1) is 24.5. The number of para-hydroxylation sites is 2. The van der Waals surface area contributed by atoms with E-state index in [1.165, 1.54) is 17.3 Å². The Labute approximate surface area is 305 Å². The van der Waals surface area contributed by atoms with E-state index in [0.29, 0.717) is 11.8 Å². The second kappa shape index (κ2) is 14.3. The zero-order valence-electron chi connectivity index (χ0n) is 31.1. The van der Waals surface area contributed by atoms with E-state index in [0.717, 1.165) is 67.0 Å². The summed E-state index contributed by atoms with van der Waals surface area (Å²) in [6.07, 6.45) is 3.31. The molecule has 0 bridgehead atoms. The fourth-order valence-corrected chi connectivity index (χ4v) is 6.18. The number of rotatable bonds is 5. The Bertz CT molecular complexity index is 2460. The Morgan fingerprint density at radius 1 is 0.755 bits per heavy atom. The van der Waals surface area contributed by atoms with Gasteiger partial charge in [0, 0.05) is 47.7 Å². The van der Waals surface area contributed by atoms with Crippen LogP contribution in [0.1, 0.15) is 65.9 Å². The number of pyridine rings is 2. The maximum absolute atomic E-state index is 7.23. The molecule has 6 heteroatoms. The SMILES string of the molecule is Cc1cnc2c(c1)nc(-c1[c-]ccc3c1oc1ccccc13)n2-c1c(C(C)C)cccc1C(C)C.[2H]C([2H])([2H])c1ccc(-c2[c-]cccc2)nc1.[Ir]. The van der Waals surface area contributed by atoms with Gasteiger partial charge in [-0.25, -0.2) is 4.98 Å². The van der Waals surface area contributed by atoms with E-state index in [-0.39, 0.29) is 25.7 Å². The quantitative estimate of drug-likeness (QED) is 0.162. The van der Waals surface area contributed by atoms with E-state index in [4.69, 9.17) is 18.5 Å². The normalized spacial score (nSPS) is 12.4. The summed E-state index contributed by atoms with van der Waals surface area (Å²) in [6, 6.07) is 38.2. The van der Waals surface area contributed by atoms with Crippen molar-refractivity contribution in [2.24, 2.45) is 0 Å². The van der Waals surface area contributed by atoms with Crippen LogP contribution in [0, 0.1) is 25.9 Å². The van der Waals surface area contributed by atoms with Gasteiger partial charge in [0.25, 0.3) is 0 Å². The third kappa shape index (κ3) is 6.59. The fraction of sp³-hybridized carbons (Fsp3) is 0.186. The Morgan fingerprint density at radius 3 is 2.20 bits per heavy atom. The van der Waals surface area contributed by atoms with Crippen molar-refractivity contribution >= 4 is 33.1 Å². The smallest absolute Gasteiger partial charge is 0.155 e. The number of aryl methyl sites for hydroxylation is 2. The molecule has 4 heterocycles. The molecule has 4 aromatic carbocycles. The number of fused-ring (bicyclic) bond motifs is 4. The van der Waals surface area contributed by atoms with Crippen LogP contribution in [0.25, 0.3) is 61.4 Å². The molecule has 0 aliphatic rings. The first-order valence-electron chi connectivity index (χ1n) is 17.8. The van der Waals surface area contributed by atoms with Crippen molar-refractivity contribution in [1.82, 2.24) is 19.5 Å². The molecule has 1 radical (unpaired) electrons. The van der Waals surface area contributed by atoms with Crippen LogP contribution >= 0.6 is 0 Å². The van der Waals surface area contributed by atoms with Gasteiger partial charge in [-0.3, -0.25) is 4.98 Å². The van der Waals surface area contributed by atoms with Crippen molar-refractivity contribution in [3.63, 3.8) is 0 Å². The third-order valence-electron chi connectivity index (χ3n) is 8.51. The van der Waals surface area contributed by atoms with Crippen LogP contribution in [0.15, 0.2) is 114 Å². The summed E-state index contributed by atoms with van der Waals surface area (Å²) in [5.41, 5.74) is 10.9. The van der Waals surface area contributed by atoms with Gasteiger partial charge in [-0.05, 0) is 65.7 Å². The molecular weight excluding hydrogens is 781 g/mol. The largest absolute Gasteiger partial charge is 0.501 e. The van der Waals surface area contributed by atoms with Gasteiger partial charge >= 0.3 is 0 Å². The fourth-order valence-electron chi connectivity index (χ4n) is 6.18. The molecule has 0 unspecified atom stereocenters. The summed E-state index contributed by atoms with van der Waals surface area (Å²) in [5, 5.41) is 2.16. The number of hydrogen-bond acceptors (Lipinski definition) is 4. The molecular formula is C43H38IrN4O-2. The average Bonchev–Trinajstić information content (AvgIpc) is 3.70. The summed E-state index contributed by atoms with van der Waals surface area (Å²) < 4.78 is 30.3. The van der Waals surface area contributed by atoms with Crippen LogP contribution in [0.3, 0.4) is 0 Å². The molecule has 0 atom stereocenters. The number of imidazole rings is 1. The Balaban J connectivity index is 0.000000230. The molecule has 0 saturated heterocycles. The summed E-state index contributed by atoms with van der Waals surface area (Å²) in [4.78, 5) is 14.2. The van der Waals surface area contributed by atoms with Crippen LogP contribution in [0.5, 0.6) is 0 Å². The van der Waals surface area contributed by atoms with Gasteiger partial charge in [-0.15, -0.1) is 54.1 Å². The van der Waals surface area contributed by atoms with Crippen molar-refractivity contribution in [3.05, 3.63) is 144 Å². The predicted octanol–water partition coefficient (Wildman–Crippen LogP) is 11.2. The minimum atomic E-state index is -2.09. The van der Waals surface area contributed by atoms with Crippen LogP contribution < -0.4 is 0 Å². The number of furan rings is 1. The molecule has 0 saturated carbocycles. The van der Waals surface area contributed by atoms with Gasteiger partial charge in [0.2, 0.25) is 0 Å². The molecule has 247 valence electrons. The molecule has 0 amide bonds. The van der Waals surface area contributed by atoms with Gasteiger partial charge in [-0.2, -0.15) is 0 Å². The second-order valence-electron chi connectivity index (χ2n) is 12.6. The number of benzene rings is 4. The topological polar surface area (TPSA) is 56.7 Å². The monoisotopic (exact) mass is 822 g/mol. The molecule has 0 aliphatic heterocycles. The van der Waals surface area contributed by atoms with Crippen molar-refractivity contribution in [2.75, 3.05) is 0 Å². The molecule has 5 nitrogen and oxygen atoms in total. The molecule has 0 N–H and O–H groups in total. The van der Waals surface area contributed by atoms with Crippen molar-refractivity contribution in [1.29, 1.82) is 0 Å². The van der Waals surface area contributed by atoms with E-state index >= 15 is 0 Å². The zero-order valence-corrected chi connectivity index (χ0v) is 30.5. The molecule has 8 aromatic rings. The molecule has 0 aliphatic carbocycles. The molecule has 49 heavy (non-hydrogen) atoms. The van der Waals surface area contributed by atoms with Crippen LogP contribution in [-0.4, -0.2) is 19.5 Å². The van der Waals surface area contributed by atoms with Crippen LogP contribution in [0.4, 0.5) is 0 Å². The molecule has 0 fully saturated rings. The average molecular weight is 822 g/mol. The third-order valence-corrected chi connectivity index (χ3v) is 8.51. The summed E-state index contributed by atoms with van der Waals surface area (Å²) >= 11 is 0. The van der Waals surface area contributed by atoms with E-state index in [2.05, 4.69) is 92.7 Å². The Hall–Kier alpha value is -4.90. The van der Waals surface area contributed by atoms with E-state index < -0.39 is 6.85 Å². The van der Waals surface area contributed by atoms with Gasteiger partial charge in [0.05, 0.1) is 16.9 Å². The first kappa shape index (κ1) is 30.2. The number of aromatic nitrogens is 4. The maximum atomic E-state index is 7.23. The standard InChI is InChI=1S/C31H28N3O.C12H10N.Ir/c1-18(2)21-11-8-12-22(19(3)4)28(21)34-30(33-26-16-20(5)17-32-31(26)34)25-14-9-13-24-23-10-6-7-15-27(23)35-29(24)25;1-10-7-8-12(13-9-10)11-5-3-2-4-6-11;/h6-13,15-19H,1-5H3;2-5,7-9H,1H3;/q2*-1;/i;1D3;. The Kier molecular flexibility index (Phi) is 8.80. The van der Waals surface area contributed by atoms with Gasteiger partial charge in [0.1, 0.15) is 5.58 Å². The van der Waals surface area contributed by atoms with Crippen LogP contribution in [-0.2, 0) is 20.1 Å². The van der Waals surface area contributed by atoms with E-state index in [1.54, 1.807) is 18.2 Å².